The first-order chi connectivity index (χ1) is 14.6. The lowest BCUT2D eigenvalue weighted by molar-refractivity contribution is -0.132. The fourth-order valence-corrected chi connectivity index (χ4v) is 5.10. The number of nitrogens with one attached hydrogen (secondary N) is 1. The SMILES string of the molecule is CC(N1CCN(c2ccccc2F)CC1)C1(C(=O)Nc2ccccn2)CCCCC1. The molecule has 2 fully saturated rings. The lowest BCUT2D eigenvalue weighted by Crippen LogP contribution is -2.58. The molecule has 1 saturated carbocycles. The van der Waals surface area contributed by atoms with Gasteiger partial charge in [-0.2, -0.15) is 0 Å². The molecule has 2 aromatic rings. The number of carbonyl (C=O) groups is 1. The predicted octanol–water partition coefficient (Wildman–Crippen LogP) is 4.32. The highest BCUT2D eigenvalue weighted by Gasteiger charge is 2.46. The van der Waals surface area contributed by atoms with E-state index in [4.69, 9.17) is 0 Å². The highest BCUT2D eigenvalue weighted by atomic mass is 19.1. The highest BCUT2D eigenvalue weighted by molar-refractivity contribution is 5.95. The van der Waals surface area contributed by atoms with Crippen molar-refractivity contribution in [3.63, 3.8) is 0 Å². The summed E-state index contributed by atoms with van der Waals surface area (Å²) >= 11 is 0. The number of rotatable bonds is 5. The molecule has 0 radical (unpaired) electrons. The van der Waals surface area contributed by atoms with E-state index >= 15 is 0 Å². The molecule has 160 valence electrons. The van der Waals surface area contributed by atoms with Crippen LogP contribution in [-0.2, 0) is 4.79 Å². The van der Waals surface area contributed by atoms with Crippen LogP contribution in [0.5, 0.6) is 0 Å². The quantitative estimate of drug-likeness (QED) is 0.798. The van der Waals surface area contributed by atoms with E-state index in [9.17, 15) is 9.18 Å². The largest absolute Gasteiger partial charge is 0.367 e. The number of piperazine rings is 1. The van der Waals surface area contributed by atoms with Crippen LogP contribution in [0, 0.1) is 11.2 Å². The summed E-state index contributed by atoms with van der Waals surface area (Å²) in [5.74, 6) is 0.534. The Hall–Kier alpha value is -2.47. The molecular weight excluding hydrogens is 379 g/mol. The fourth-order valence-electron chi connectivity index (χ4n) is 5.10. The number of aromatic nitrogens is 1. The molecule has 1 aromatic carbocycles. The molecule has 4 rings (SSSR count). The number of carbonyl (C=O) groups excluding carboxylic acids is 1. The Bertz CT molecular complexity index is 845. The number of anilines is 2. The predicted molar refractivity (Wildman–Crippen MR) is 118 cm³/mol. The van der Waals surface area contributed by atoms with E-state index in [-0.39, 0.29) is 17.8 Å². The van der Waals surface area contributed by atoms with Gasteiger partial charge < -0.3 is 10.2 Å². The molecule has 1 N–H and O–H groups in total. The van der Waals surface area contributed by atoms with Crippen LogP contribution in [0.3, 0.4) is 0 Å². The lowest BCUT2D eigenvalue weighted by Gasteiger charge is -2.48. The zero-order valence-electron chi connectivity index (χ0n) is 17.7. The van der Waals surface area contributed by atoms with Crippen LogP contribution in [0.4, 0.5) is 15.9 Å². The van der Waals surface area contributed by atoms with Crippen LogP contribution >= 0.6 is 0 Å². The van der Waals surface area contributed by atoms with Crippen molar-refractivity contribution in [2.24, 2.45) is 5.41 Å². The lowest BCUT2D eigenvalue weighted by atomic mass is 9.68. The van der Waals surface area contributed by atoms with Gasteiger partial charge in [0.1, 0.15) is 11.6 Å². The number of amides is 1. The van der Waals surface area contributed by atoms with Gasteiger partial charge in [0.25, 0.3) is 0 Å². The molecule has 6 heteroatoms. The maximum absolute atomic E-state index is 14.2. The summed E-state index contributed by atoms with van der Waals surface area (Å²) in [5, 5.41) is 3.08. The van der Waals surface area contributed by atoms with Gasteiger partial charge in [-0.05, 0) is 44.0 Å². The van der Waals surface area contributed by atoms with Crippen LogP contribution in [0.2, 0.25) is 0 Å². The van der Waals surface area contributed by atoms with Crippen molar-refractivity contribution in [3.8, 4) is 0 Å². The first kappa shape index (κ1) is 20.8. The second-order valence-corrected chi connectivity index (χ2v) is 8.54. The molecule has 2 heterocycles. The number of hydrogen-bond donors (Lipinski definition) is 1. The van der Waals surface area contributed by atoms with E-state index in [1.165, 1.54) is 12.5 Å². The average Bonchev–Trinajstić information content (AvgIpc) is 2.80. The Morgan fingerprint density at radius 1 is 1.03 bits per heavy atom. The number of halogens is 1. The minimum atomic E-state index is -0.407. The van der Waals surface area contributed by atoms with Crippen molar-refractivity contribution in [1.82, 2.24) is 9.88 Å². The monoisotopic (exact) mass is 410 g/mol. The second kappa shape index (κ2) is 9.13. The average molecular weight is 411 g/mol. The third-order valence-electron chi connectivity index (χ3n) is 6.96. The van der Waals surface area contributed by atoms with E-state index in [0.29, 0.717) is 11.5 Å². The van der Waals surface area contributed by atoms with E-state index in [2.05, 4.69) is 27.0 Å². The first-order valence-electron chi connectivity index (χ1n) is 11.1. The zero-order chi connectivity index (χ0) is 21.0. The van der Waals surface area contributed by atoms with Crippen molar-refractivity contribution >= 4 is 17.4 Å². The van der Waals surface area contributed by atoms with Gasteiger partial charge >= 0.3 is 0 Å². The van der Waals surface area contributed by atoms with Gasteiger partial charge in [0.05, 0.1) is 11.1 Å². The number of pyridine rings is 1. The number of para-hydroxylation sites is 1. The standard InChI is InChI=1S/C24H31FN4O/c1-19(28-15-17-29(18-16-28)21-10-4-3-9-20(21)25)24(12-6-2-7-13-24)23(30)27-22-11-5-8-14-26-22/h3-5,8-11,14,19H,2,6-7,12-13,15-18H2,1H3,(H,26,27,30). The molecule has 1 unspecified atom stereocenters. The first-order valence-corrected chi connectivity index (χ1v) is 11.1. The van der Waals surface area contributed by atoms with Gasteiger partial charge in [-0.15, -0.1) is 0 Å². The summed E-state index contributed by atoms with van der Waals surface area (Å²) in [5.41, 5.74) is 0.265. The summed E-state index contributed by atoms with van der Waals surface area (Å²) in [6.45, 7) is 5.39. The van der Waals surface area contributed by atoms with Gasteiger partial charge in [-0.1, -0.05) is 37.5 Å². The maximum atomic E-state index is 14.2. The summed E-state index contributed by atoms with van der Waals surface area (Å²) in [7, 11) is 0. The second-order valence-electron chi connectivity index (χ2n) is 8.54. The van der Waals surface area contributed by atoms with Gasteiger partial charge in [-0.25, -0.2) is 9.37 Å². The summed E-state index contributed by atoms with van der Waals surface area (Å²) in [4.78, 5) is 22.3. The van der Waals surface area contributed by atoms with Crippen molar-refractivity contribution < 1.29 is 9.18 Å². The third kappa shape index (κ3) is 4.19. The van der Waals surface area contributed by atoms with Crippen LogP contribution in [0.25, 0.3) is 0 Å². The molecule has 30 heavy (non-hydrogen) atoms. The maximum Gasteiger partial charge on any atom is 0.233 e. The Labute approximate surface area is 178 Å². The molecule has 2 aliphatic rings. The van der Waals surface area contributed by atoms with Crippen LogP contribution in [0.15, 0.2) is 48.7 Å². The summed E-state index contributed by atoms with van der Waals surface area (Å²) < 4.78 is 14.2. The normalized spacial score (nSPS) is 20.5. The zero-order valence-corrected chi connectivity index (χ0v) is 17.7. The molecule has 0 bridgehead atoms. The molecule has 1 aliphatic carbocycles. The van der Waals surface area contributed by atoms with E-state index in [1.54, 1.807) is 12.3 Å². The Morgan fingerprint density at radius 3 is 2.40 bits per heavy atom. The molecule has 1 aliphatic heterocycles. The minimum Gasteiger partial charge on any atom is -0.367 e. The molecule has 1 atom stereocenters. The van der Waals surface area contributed by atoms with Crippen molar-refractivity contribution in [3.05, 3.63) is 54.5 Å². The summed E-state index contributed by atoms with van der Waals surface area (Å²) in [6, 6.07) is 12.7. The topological polar surface area (TPSA) is 48.5 Å². The summed E-state index contributed by atoms with van der Waals surface area (Å²) in [6.07, 6.45) is 6.85. The Balaban J connectivity index is 1.47. The molecular formula is C24H31FN4O. The van der Waals surface area contributed by atoms with Crippen LogP contribution in [0.1, 0.15) is 39.0 Å². The number of hydrogen-bond acceptors (Lipinski definition) is 4. The Kier molecular flexibility index (Phi) is 6.32. The van der Waals surface area contributed by atoms with E-state index in [0.717, 1.165) is 51.9 Å². The molecule has 1 aromatic heterocycles. The van der Waals surface area contributed by atoms with Crippen LogP contribution < -0.4 is 10.2 Å². The van der Waals surface area contributed by atoms with Crippen molar-refractivity contribution in [2.45, 2.75) is 45.1 Å². The third-order valence-corrected chi connectivity index (χ3v) is 6.96. The smallest absolute Gasteiger partial charge is 0.233 e. The molecule has 0 spiro atoms. The Morgan fingerprint density at radius 2 is 1.73 bits per heavy atom. The van der Waals surface area contributed by atoms with Gasteiger partial charge in [0.15, 0.2) is 0 Å². The molecule has 5 nitrogen and oxygen atoms in total. The molecule has 1 amide bonds. The number of nitrogens with zero attached hydrogens (tertiary/aromatic N) is 3. The highest BCUT2D eigenvalue weighted by Crippen LogP contribution is 2.42. The van der Waals surface area contributed by atoms with Gasteiger partial charge in [-0.3, -0.25) is 9.69 Å². The number of benzene rings is 1. The van der Waals surface area contributed by atoms with Crippen molar-refractivity contribution in [1.29, 1.82) is 0 Å². The van der Waals surface area contributed by atoms with E-state index < -0.39 is 5.41 Å². The minimum absolute atomic E-state index is 0.0879. The van der Waals surface area contributed by atoms with Crippen molar-refractivity contribution in [2.75, 3.05) is 36.4 Å². The van der Waals surface area contributed by atoms with E-state index in [1.807, 2.05) is 30.3 Å². The van der Waals surface area contributed by atoms with Gasteiger partial charge in [0.2, 0.25) is 5.91 Å². The van der Waals surface area contributed by atoms with Gasteiger partial charge in [0, 0.05) is 38.4 Å². The van der Waals surface area contributed by atoms with Crippen LogP contribution in [-0.4, -0.2) is 48.0 Å². The molecule has 1 saturated heterocycles. The fraction of sp³-hybridized carbons (Fsp3) is 0.500.